The second kappa shape index (κ2) is 4.17. The number of rotatable bonds is 3. The van der Waals surface area contributed by atoms with E-state index in [2.05, 4.69) is 0 Å². The van der Waals surface area contributed by atoms with Crippen LogP contribution in [0.25, 0.3) is 0 Å². The van der Waals surface area contributed by atoms with Gasteiger partial charge < -0.3 is 5.11 Å². The number of aliphatic hydroxyl groups is 1. The number of carbonyl (C=O) groups excluding carboxylic acids is 2. The van der Waals surface area contributed by atoms with Crippen LogP contribution < -0.4 is 0 Å². The lowest BCUT2D eigenvalue weighted by atomic mass is 9.81. The molecule has 92 valence electrons. The lowest BCUT2D eigenvalue weighted by Gasteiger charge is -2.37. The van der Waals surface area contributed by atoms with Crippen molar-refractivity contribution in [2.24, 2.45) is 5.41 Å². The van der Waals surface area contributed by atoms with Crippen LogP contribution in [0.4, 0.5) is 0 Å². The molecular formula is C12H21NO3. The second-order valence-electron chi connectivity index (χ2n) is 5.74. The first-order valence-corrected chi connectivity index (χ1v) is 5.72. The highest BCUT2D eigenvalue weighted by molar-refractivity contribution is 5.98. The van der Waals surface area contributed by atoms with Gasteiger partial charge in [-0.2, -0.15) is 0 Å². The van der Waals surface area contributed by atoms with Crippen molar-refractivity contribution in [1.29, 1.82) is 0 Å². The fourth-order valence-corrected chi connectivity index (χ4v) is 1.84. The molecule has 0 spiro atoms. The third kappa shape index (κ3) is 3.04. The molecule has 2 amide bonds. The number of nitrogens with zero attached hydrogens (tertiary/aromatic N) is 1. The van der Waals surface area contributed by atoms with Gasteiger partial charge in [0, 0.05) is 12.8 Å². The Labute approximate surface area is 96.6 Å². The Hall–Kier alpha value is -0.900. The first-order chi connectivity index (χ1) is 7.17. The van der Waals surface area contributed by atoms with Crippen LogP contribution in [0.5, 0.6) is 0 Å². The van der Waals surface area contributed by atoms with Crippen LogP contribution in [0.1, 0.15) is 47.0 Å². The predicted molar refractivity (Wildman–Crippen MR) is 60.6 cm³/mol. The van der Waals surface area contributed by atoms with Gasteiger partial charge in [0.25, 0.3) is 0 Å². The first kappa shape index (κ1) is 13.2. The third-order valence-electron chi connectivity index (χ3n) is 3.12. The minimum Gasteiger partial charge on any atom is -0.388 e. The zero-order chi connectivity index (χ0) is 12.6. The summed E-state index contributed by atoms with van der Waals surface area (Å²) in [5.74, 6) is -0.343. The molecule has 0 aliphatic carbocycles. The van der Waals surface area contributed by atoms with E-state index in [0.717, 1.165) is 0 Å². The lowest BCUT2D eigenvalue weighted by molar-refractivity contribution is -0.156. The zero-order valence-corrected chi connectivity index (χ0v) is 10.5. The maximum Gasteiger partial charge on any atom is 0.229 e. The minimum absolute atomic E-state index is 0.108. The van der Waals surface area contributed by atoms with E-state index in [9.17, 15) is 14.7 Å². The molecule has 1 fully saturated rings. The minimum atomic E-state index is -0.979. The van der Waals surface area contributed by atoms with Crippen molar-refractivity contribution in [2.75, 3.05) is 6.54 Å². The molecule has 1 unspecified atom stereocenters. The number of piperidine rings is 1. The van der Waals surface area contributed by atoms with Crippen molar-refractivity contribution in [3.05, 3.63) is 0 Å². The molecule has 1 aliphatic rings. The average molecular weight is 227 g/mol. The molecule has 16 heavy (non-hydrogen) atoms. The van der Waals surface area contributed by atoms with E-state index in [-0.39, 0.29) is 23.8 Å². The van der Waals surface area contributed by atoms with Crippen molar-refractivity contribution in [1.82, 2.24) is 4.90 Å². The highest BCUT2D eigenvalue weighted by Gasteiger charge is 2.39. The molecule has 0 aromatic heterocycles. The smallest absolute Gasteiger partial charge is 0.229 e. The molecular weight excluding hydrogens is 206 g/mol. The summed E-state index contributed by atoms with van der Waals surface area (Å²) in [6.07, 6.45) is 1.27. The number of amides is 2. The molecule has 0 aromatic carbocycles. The molecule has 1 aliphatic heterocycles. The first-order valence-electron chi connectivity index (χ1n) is 5.72. The average Bonchev–Trinajstić information content (AvgIpc) is 2.10. The van der Waals surface area contributed by atoms with Gasteiger partial charge in [-0.25, -0.2) is 0 Å². The number of β-amino-alcohol motifs (C(OH)–C–C–N with tert-alkyl or cyclic N) is 1. The summed E-state index contributed by atoms with van der Waals surface area (Å²) < 4.78 is 0. The summed E-state index contributed by atoms with van der Waals surface area (Å²) in [6, 6.07) is 0. The van der Waals surface area contributed by atoms with Crippen molar-refractivity contribution in [3.8, 4) is 0 Å². The second-order valence-corrected chi connectivity index (χ2v) is 5.74. The Balaban J connectivity index is 2.76. The SMILES string of the molecule is CCC(C)(O)CN1C(=O)CC(C)(C)CC1=O. The zero-order valence-electron chi connectivity index (χ0n) is 10.5. The van der Waals surface area contributed by atoms with E-state index < -0.39 is 5.60 Å². The Morgan fingerprint density at radius 2 is 1.75 bits per heavy atom. The molecule has 0 aromatic rings. The summed E-state index contributed by atoms with van der Waals surface area (Å²) in [6.45, 7) is 7.42. The van der Waals surface area contributed by atoms with E-state index >= 15 is 0 Å². The Morgan fingerprint density at radius 1 is 1.31 bits per heavy atom. The van der Waals surface area contributed by atoms with E-state index in [1.54, 1.807) is 6.92 Å². The molecule has 4 nitrogen and oxygen atoms in total. The van der Waals surface area contributed by atoms with Gasteiger partial charge in [0.2, 0.25) is 11.8 Å². The molecule has 1 N–H and O–H groups in total. The molecule has 1 rings (SSSR count). The monoisotopic (exact) mass is 227 g/mol. The fraction of sp³-hybridized carbons (Fsp3) is 0.833. The number of likely N-dealkylation sites (tertiary alicyclic amines) is 1. The molecule has 4 heteroatoms. The normalized spacial score (nSPS) is 24.4. The topological polar surface area (TPSA) is 57.6 Å². The predicted octanol–water partition coefficient (Wildman–Crippen LogP) is 1.32. The number of hydrogen-bond acceptors (Lipinski definition) is 3. The van der Waals surface area contributed by atoms with Gasteiger partial charge in [0.1, 0.15) is 0 Å². The maximum absolute atomic E-state index is 11.8. The van der Waals surface area contributed by atoms with Crippen molar-refractivity contribution in [2.45, 2.75) is 52.6 Å². The van der Waals surface area contributed by atoms with E-state index in [0.29, 0.717) is 19.3 Å². The van der Waals surface area contributed by atoms with Crippen LogP contribution in [0.2, 0.25) is 0 Å². The van der Waals surface area contributed by atoms with Gasteiger partial charge in [-0.3, -0.25) is 14.5 Å². The summed E-state index contributed by atoms with van der Waals surface area (Å²) in [5.41, 5.74) is -1.23. The molecule has 1 saturated heterocycles. The third-order valence-corrected chi connectivity index (χ3v) is 3.12. The number of carbonyl (C=O) groups is 2. The Bertz CT molecular complexity index is 287. The van der Waals surface area contributed by atoms with Gasteiger partial charge in [0.05, 0.1) is 12.1 Å². The van der Waals surface area contributed by atoms with Crippen molar-refractivity contribution >= 4 is 11.8 Å². The van der Waals surface area contributed by atoms with Crippen LogP contribution in [0.15, 0.2) is 0 Å². The summed E-state index contributed by atoms with van der Waals surface area (Å²) >= 11 is 0. The van der Waals surface area contributed by atoms with Gasteiger partial charge in [0.15, 0.2) is 0 Å². The van der Waals surface area contributed by atoms with Gasteiger partial charge in [-0.15, -0.1) is 0 Å². The van der Waals surface area contributed by atoms with E-state index in [4.69, 9.17) is 0 Å². The van der Waals surface area contributed by atoms with E-state index in [1.807, 2.05) is 20.8 Å². The van der Waals surface area contributed by atoms with Crippen LogP contribution in [-0.2, 0) is 9.59 Å². The van der Waals surface area contributed by atoms with Crippen LogP contribution in [0.3, 0.4) is 0 Å². The van der Waals surface area contributed by atoms with Crippen LogP contribution >= 0.6 is 0 Å². The standard InChI is InChI=1S/C12H21NO3/c1-5-12(4,16)8-13-9(14)6-11(2,3)7-10(13)15/h16H,5-8H2,1-4H3. The largest absolute Gasteiger partial charge is 0.388 e. The van der Waals surface area contributed by atoms with Gasteiger partial charge >= 0.3 is 0 Å². The number of hydrogen-bond donors (Lipinski definition) is 1. The molecule has 1 atom stereocenters. The quantitative estimate of drug-likeness (QED) is 0.740. The fourth-order valence-electron chi connectivity index (χ4n) is 1.84. The van der Waals surface area contributed by atoms with Gasteiger partial charge in [-0.1, -0.05) is 20.8 Å². The van der Waals surface area contributed by atoms with Crippen LogP contribution in [-0.4, -0.2) is 34.0 Å². The lowest BCUT2D eigenvalue weighted by Crippen LogP contribution is -2.51. The number of imide groups is 1. The van der Waals surface area contributed by atoms with Crippen molar-refractivity contribution in [3.63, 3.8) is 0 Å². The summed E-state index contributed by atoms with van der Waals surface area (Å²) in [7, 11) is 0. The summed E-state index contributed by atoms with van der Waals surface area (Å²) in [4.78, 5) is 24.8. The van der Waals surface area contributed by atoms with Gasteiger partial charge in [-0.05, 0) is 18.8 Å². The molecule has 0 radical (unpaired) electrons. The van der Waals surface area contributed by atoms with E-state index in [1.165, 1.54) is 4.90 Å². The van der Waals surface area contributed by atoms with Crippen LogP contribution in [0, 0.1) is 5.41 Å². The molecule has 0 bridgehead atoms. The van der Waals surface area contributed by atoms with Crippen molar-refractivity contribution < 1.29 is 14.7 Å². The summed E-state index contributed by atoms with van der Waals surface area (Å²) in [5, 5.41) is 9.89. The Morgan fingerprint density at radius 3 is 2.12 bits per heavy atom. The molecule has 0 saturated carbocycles. The maximum atomic E-state index is 11.8. The highest BCUT2D eigenvalue weighted by atomic mass is 16.3. The Kier molecular flexibility index (Phi) is 3.43. The highest BCUT2D eigenvalue weighted by Crippen LogP contribution is 2.32. The molecule has 1 heterocycles.